The van der Waals surface area contributed by atoms with Gasteiger partial charge < -0.3 is 10.1 Å². The molecule has 0 bridgehead atoms. The molecule has 5 nitrogen and oxygen atoms in total. The van der Waals surface area contributed by atoms with Gasteiger partial charge in [-0.25, -0.2) is 4.98 Å². The molecule has 2 aromatic heterocycles. The number of methoxy groups -OCH3 is 1. The van der Waals surface area contributed by atoms with Crippen LogP contribution < -0.4 is 10.1 Å². The van der Waals surface area contributed by atoms with Crippen LogP contribution in [0.5, 0.6) is 5.75 Å². The first-order valence-corrected chi connectivity index (χ1v) is 7.93. The van der Waals surface area contributed by atoms with Crippen LogP contribution in [0.1, 0.15) is 11.1 Å². The molecule has 0 atom stereocenters. The van der Waals surface area contributed by atoms with Gasteiger partial charge in [-0.2, -0.15) is 5.26 Å². The summed E-state index contributed by atoms with van der Waals surface area (Å²) in [5, 5.41) is 13.0. The first-order chi connectivity index (χ1) is 12.2. The third kappa shape index (κ3) is 2.45. The van der Waals surface area contributed by atoms with Crippen molar-refractivity contribution in [1.29, 1.82) is 5.26 Å². The summed E-state index contributed by atoms with van der Waals surface area (Å²) in [6.45, 7) is 1.93. The first-order valence-electron chi connectivity index (χ1n) is 7.93. The number of hydrogen-bond donors (Lipinski definition) is 1. The van der Waals surface area contributed by atoms with Crippen molar-refractivity contribution < 1.29 is 4.74 Å². The molecule has 0 aliphatic heterocycles. The van der Waals surface area contributed by atoms with E-state index in [2.05, 4.69) is 16.4 Å². The van der Waals surface area contributed by atoms with Crippen molar-refractivity contribution in [2.45, 2.75) is 6.92 Å². The fourth-order valence-corrected chi connectivity index (χ4v) is 3.03. The zero-order valence-corrected chi connectivity index (χ0v) is 13.9. The molecule has 0 saturated carbocycles. The number of hydrogen-bond acceptors (Lipinski definition) is 4. The molecule has 4 rings (SSSR count). The summed E-state index contributed by atoms with van der Waals surface area (Å²) in [4.78, 5) is 4.66. The van der Waals surface area contributed by atoms with Gasteiger partial charge in [0, 0.05) is 11.8 Å². The van der Waals surface area contributed by atoms with Crippen molar-refractivity contribution in [3.63, 3.8) is 0 Å². The van der Waals surface area contributed by atoms with Gasteiger partial charge in [0.25, 0.3) is 0 Å². The quantitative estimate of drug-likeness (QED) is 0.605. The fourth-order valence-electron chi connectivity index (χ4n) is 3.03. The van der Waals surface area contributed by atoms with E-state index in [1.165, 1.54) is 0 Å². The Labute approximate surface area is 145 Å². The molecule has 4 aromatic rings. The van der Waals surface area contributed by atoms with E-state index in [0.29, 0.717) is 11.2 Å². The molecule has 2 aromatic carbocycles. The summed E-state index contributed by atoms with van der Waals surface area (Å²) < 4.78 is 7.28. The predicted molar refractivity (Wildman–Crippen MR) is 98.4 cm³/mol. The lowest BCUT2D eigenvalue weighted by Gasteiger charge is -2.13. The topological polar surface area (TPSA) is 62.3 Å². The number of rotatable bonds is 3. The lowest BCUT2D eigenvalue weighted by molar-refractivity contribution is 0.415. The monoisotopic (exact) mass is 328 g/mol. The maximum Gasteiger partial charge on any atom is 0.157 e. The second-order valence-corrected chi connectivity index (χ2v) is 5.82. The molecule has 0 spiro atoms. The van der Waals surface area contributed by atoms with Crippen LogP contribution in [0.2, 0.25) is 0 Å². The van der Waals surface area contributed by atoms with Crippen LogP contribution in [-0.2, 0) is 0 Å². The largest absolute Gasteiger partial charge is 0.497 e. The van der Waals surface area contributed by atoms with Crippen LogP contribution >= 0.6 is 0 Å². The molecule has 0 aliphatic rings. The Kier molecular flexibility index (Phi) is 3.51. The highest BCUT2D eigenvalue weighted by molar-refractivity contribution is 5.85. The van der Waals surface area contributed by atoms with Gasteiger partial charge in [0.15, 0.2) is 5.65 Å². The molecular weight excluding hydrogens is 312 g/mol. The summed E-state index contributed by atoms with van der Waals surface area (Å²) in [6, 6.07) is 19.9. The number of ether oxygens (including phenoxy) is 1. The molecule has 25 heavy (non-hydrogen) atoms. The van der Waals surface area contributed by atoms with E-state index in [-0.39, 0.29) is 0 Å². The first kappa shape index (κ1) is 15.0. The molecule has 0 unspecified atom stereocenters. The van der Waals surface area contributed by atoms with Crippen LogP contribution in [-0.4, -0.2) is 16.5 Å². The molecule has 0 fully saturated rings. The Morgan fingerprint density at radius 3 is 2.76 bits per heavy atom. The van der Waals surface area contributed by atoms with Crippen molar-refractivity contribution in [3.05, 3.63) is 65.7 Å². The number of pyridine rings is 1. The molecule has 0 radical (unpaired) electrons. The number of aromatic nitrogens is 2. The maximum absolute atomic E-state index is 9.55. The predicted octanol–water partition coefficient (Wildman–Crippen LogP) is 4.42. The summed E-state index contributed by atoms with van der Waals surface area (Å²) in [6.07, 6.45) is 0. The van der Waals surface area contributed by atoms with E-state index in [4.69, 9.17) is 4.74 Å². The van der Waals surface area contributed by atoms with Crippen LogP contribution in [0.4, 0.5) is 11.5 Å². The lowest BCUT2D eigenvalue weighted by atomic mass is 10.1. The second kappa shape index (κ2) is 5.84. The summed E-state index contributed by atoms with van der Waals surface area (Å²) in [5.74, 6) is 1.63. The van der Waals surface area contributed by atoms with Crippen molar-refractivity contribution >= 4 is 28.2 Å². The van der Waals surface area contributed by atoms with Gasteiger partial charge in [-0.05, 0) is 42.8 Å². The van der Waals surface area contributed by atoms with E-state index in [9.17, 15) is 5.26 Å². The molecule has 5 heteroatoms. The van der Waals surface area contributed by atoms with Gasteiger partial charge in [-0.1, -0.05) is 18.2 Å². The normalized spacial score (nSPS) is 10.8. The minimum Gasteiger partial charge on any atom is -0.497 e. The fraction of sp³-hybridized carbons (Fsp3) is 0.100. The third-order valence-electron chi connectivity index (χ3n) is 4.23. The van der Waals surface area contributed by atoms with Gasteiger partial charge in [-0.3, -0.25) is 4.40 Å². The standard InChI is InChI=1S/C20H16N4O/c1-13-10-19(22-14-6-5-7-15(11-14)25-2)24-18-9-4-3-8-17(18)23-20(24)16(13)12-21/h3-11,22H,1-2H3. The molecule has 0 saturated heterocycles. The van der Waals surface area contributed by atoms with Crippen LogP contribution in [0.25, 0.3) is 16.7 Å². The second-order valence-electron chi connectivity index (χ2n) is 5.82. The average molecular weight is 328 g/mol. The van der Waals surface area contributed by atoms with Crippen molar-refractivity contribution in [2.75, 3.05) is 12.4 Å². The Morgan fingerprint density at radius 1 is 1.12 bits per heavy atom. The number of imidazole rings is 1. The smallest absolute Gasteiger partial charge is 0.157 e. The zero-order chi connectivity index (χ0) is 17.4. The summed E-state index contributed by atoms with van der Waals surface area (Å²) >= 11 is 0. The number of para-hydroxylation sites is 2. The minimum absolute atomic E-state index is 0.590. The van der Waals surface area contributed by atoms with E-state index >= 15 is 0 Å². The Hall–Kier alpha value is -3.52. The van der Waals surface area contributed by atoms with Crippen molar-refractivity contribution in [1.82, 2.24) is 9.38 Å². The SMILES string of the molecule is COc1cccc(Nc2cc(C)c(C#N)c3nc4ccccc4n23)c1. The number of fused-ring (bicyclic) bond motifs is 3. The van der Waals surface area contributed by atoms with E-state index < -0.39 is 0 Å². The van der Waals surface area contributed by atoms with Gasteiger partial charge in [-0.15, -0.1) is 0 Å². The molecule has 122 valence electrons. The Bertz CT molecular complexity index is 1140. The van der Waals surface area contributed by atoms with Crippen LogP contribution in [0.3, 0.4) is 0 Å². The molecule has 1 N–H and O–H groups in total. The third-order valence-corrected chi connectivity index (χ3v) is 4.23. The number of benzene rings is 2. The number of nitrogens with one attached hydrogen (secondary N) is 1. The Morgan fingerprint density at radius 2 is 1.96 bits per heavy atom. The van der Waals surface area contributed by atoms with E-state index in [1.54, 1.807) is 7.11 Å². The molecule has 0 aliphatic carbocycles. The zero-order valence-electron chi connectivity index (χ0n) is 13.9. The number of anilines is 2. The van der Waals surface area contributed by atoms with Crippen LogP contribution in [0, 0.1) is 18.3 Å². The van der Waals surface area contributed by atoms with E-state index in [0.717, 1.165) is 33.9 Å². The summed E-state index contributed by atoms with van der Waals surface area (Å²) in [7, 11) is 1.65. The molecule has 2 heterocycles. The van der Waals surface area contributed by atoms with Gasteiger partial charge in [0.1, 0.15) is 17.6 Å². The molecular formula is C20H16N4O. The van der Waals surface area contributed by atoms with Crippen LogP contribution in [0.15, 0.2) is 54.6 Å². The van der Waals surface area contributed by atoms with Gasteiger partial charge in [0.2, 0.25) is 0 Å². The van der Waals surface area contributed by atoms with Gasteiger partial charge >= 0.3 is 0 Å². The maximum atomic E-state index is 9.55. The number of aryl methyl sites for hydroxylation is 1. The number of nitriles is 1. The van der Waals surface area contributed by atoms with Crippen molar-refractivity contribution in [2.24, 2.45) is 0 Å². The van der Waals surface area contributed by atoms with Gasteiger partial charge in [0.05, 0.1) is 23.7 Å². The van der Waals surface area contributed by atoms with E-state index in [1.807, 2.05) is 65.9 Å². The Balaban J connectivity index is 1.98. The number of nitrogens with zero attached hydrogens (tertiary/aromatic N) is 3. The highest BCUT2D eigenvalue weighted by Crippen LogP contribution is 2.29. The minimum atomic E-state index is 0.590. The molecule has 0 amide bonds. The highest BCUT2D eigenvalue weighted by atomic mass is 16.5. The lowest BCUT2D eigenvalue weighted by Crippen LogP contribution is -2.02. The summed E-state index contributed by atoms with van der Waals surface area (Å²) in [5.41, 5.74) is 4.86. The average Bonchev–Trinajstić information content (AvgIpc) is 3.01. The highest BCUT2D eigenvalue weighted by Gasteiger charge is 2.15. The van der Waals surface area contributed by atoms with Crippen molar-refractivity contribution in [3.8, 4) is 11.8 Å².